The predicted molar refractivity (Wildman–Crippen MR) is 48.8 cm³/mol. The molecule has 1 aliphatic rings. The molecule has 0 saturated carbocycles. The van der Waals surface area contributed by atoms with Gasteiger partial charge >= 0.3 is 0 Å². The van der Waals surface area contributed by atoms with Crippen molar-refractivity contribution in [1.29, 1.82) is 0 Å². The Labute approximate surface area is 83.6 Å². The lowest BCUT2D eigenvalue weighted by molar-refractivity contribution is -0.320. The summed E-state index contributed by atoms with van der Waals surface area (Å²) >= 11 is 0. The molecule has 5 heteroatoms. The standard InChI is InChI=1S/C9H18O5/c1-9(2)7(12-3)5(10)6(11)8(13-4)14-9/h5-8,10-11H,1-4H3/t5?,6?,7-,8?/m1/s1. The van der Waals surface area contributed by atoms with Crippen LogP contribution >= 0.6 is 0 Å². The molecule has 5 nitrogen and oxygen atoms in total. The first kappa shape index (κ1) is 11.9. The largest absolute Gasteiger partial charge is 0.387 e. The van der Waals surface area contributed by atoms with Gasteiger partial charge in [0.25, 0.3) is 0 Å². The zero-order chi connectivity index (χ0) is 10.9. The molecule has 1 fully saturated rings. The quantitative estimate of drug-likeness (QED) is 0.638. The molecule has 0 aromatic rings. The molecule has 0 aromatic carbocycles. The maximum Gasteiger partial charge on any atom is 0.186 e. The molecule has 2 N–H and O–H groups in total. The fraction of sp³-hybridized carbons (Fsp3) is 1.00. The van der Waals surface area contributed by atoms with E-state index in [0.29, 0.717) is 0 Å². The third-order valence-electron chi connectivity index (χ3n) is 2.53. The Hall–Kier alpha value is -0.200. The zero-order valence-corrected chi connectivity index (χ0v) is 8.93. The summed E-state index contributed by atoms with van der Waals surface area (Å²) in [6.45, 7) is 3.56. The van der Waals surface area contributed by atoms with Gasteiger partial charge < -0.3 is 24.4 Å². The van der Waals surface area contributed by atoms with E-state index >= 15 is 0 Å². The zero-order valence-electron chi connectivity index (χ0n) is 8.93. The number of methoxy groups -OCH3 is 2. The smallest absolute Gasteiger partial charge is 0.186 e. The number of aliphatic hydroxyl groups is 2. The van der Waals surface area contributed by atoms with E-state index in [1.807, 2.05) is 0 Å². The monoisotopic (exact) mass is 206 g/mol. The van der Waals surface area contributed by atoms with Gasteiger partial charge in [-0.25, -0.2) is 0 Å². The van der Waals surface area contributed by atoms with Crippen LogP contribution < -0.4 is 0 Å². The van der Waals surface area contributed by atoms with Crippen molar-refractivity contribution in [3.8, 4) is 0 Å². The van der Waals surface area contributed by atoms with E-state index in [1.165, 1.54) is 14.2 Å². The van der Waals surface area contributed by atoms with Gasteiger partial charge in [-0.3, -0.25) is 0 Å². The second-order valence-corrected chi connectivity index (χ2v) is 3.96. The molecule has 1 saturated heterocycles. The molecule has 84 valence electrons. The van der Waals surface area contributed by atoms with Gasteiger partial charge in [-0.1, -0.05) is 0 Å². The first-order valence-corrected chi connectivity index (χ1v) is 4.53. The van der Waals surface area contributed by atoms with E-state index in [4.69, 9.17) is 14.2 Å². The second-order valence-electron chi connectivity index (χ2n) is 3.96. The fourth-order valence-electron chi connectivity index (χ4n) is 1.80. The predicted octanol–water partition coefficient (Wildman–Crippen LogP) is -0.496. The van der Waals surface area contributed by atoms with Crippen molar-refractivity contribution in [3.63, 3.8) is 0 Å². The first-order chi connectivity index (χ1) is 6.44. The van der Waals surface area contributed by atoms with E-state index in [1.54, 1.807) is 13.8 Å². The van der Waals surface area contributed by atoms with Crippen molar-refractivity contribution in [2.45, 2.75) is 44.1 Å². The van der Waals surface area contributed by atoms with Crippen molar-refractivity contribution in [1.82, 2.24) is 0 Å². The van der Waals surface area contributed by atoms with Gasteiger partial charge in [-0.2, -0.15) is 0 Å². The van der Waals surface area contributed by atoms with Gasteiger partial charge in [0.05, 0.1) is 5.60 Å². The van der Waals surface area contributed by atoms with Crippen LogP contribution in [0.25, 0.3) is 0 Å². The number of ether oxygens (including phenoxy) is 3. The fourth-order valence-corrected chi connectivity index (χ4v) is 1.80. The van der Waals surface area contributed by atoms with Crippen LogP contribution in [-0.4, -0.2) is 54.6 Å². The number of hydrogen-bond donors (Lipinski definition) is 2. The van der Waals surface area contributed by atoms with E-state index in [2.05, 4.69) is 0 Å². The number of aliphatic hydroxyl groups excluding tert-OH is 2. The van der Waals surface area contributed by atoms with Gasteiger partial charge in [-0.15, -0.1) is 0 Å². The summed E-state index contributed by atoms with van der Waals surface area (Å²) in [6.07, 6.45) is -3.47. The summed E-state index contributed by atoms with van der Waals surface area (Å²) in [7, 11) is 2.89. The highest BCUT2D eigenvalue weighted by Gasteiger charge is 2.49. The number of hydrogen-bond acceptors (Lipinski definition) is 5. The molecule has 0 aliphatic carbocycles. The van der Waals surface area contributed by atoms with Gasteiger partial charge in [-0.05, 0) is 13.8 Å². The Kier molecular flexibility index (Phi) is 3.49. The average molecular weight is 206 g/mol. The molecule has 0 radical (unpaired) electrons. The Bertz CT molecular complexity index is 194. The van der Waals surface area contributed by atoms with Crippen LogP contribution in [0.15, 0.2) is 0 Å². The normalized spacial score (nSPS) is 42.4. The summed E-state index contributed by atoms with van der Waals surface area (Å²) in [5.74, 6) is 0. The van der Waals surface area contributed by atoms with Gasteiger partial charge in [0.2, 0.25) is 0 Å². The molecule has 3 unspecified atom stereocenters. The van der Waals surface area contributed by atoms with Crippen LogP contribution in [-0.2, 0) is 14.2 Å². The van der Waals surface area contributed by atoms with E-state index in [0.717, 1.165) is 0 Å². The summed E-state index contributed by atoms with van der Waals surface area (Å²) in [5.41, 5.74) is -0.686. The van der Waals surface area contributed by atoms with Gasteiger partial charge in [0, 0.05) is 14.2 Å². The summed E-state index contributed by atoms with van der Waals surface area (Å²) in [6, 6.07) is 0. The third kappa shape index (κ3) is 1.92. The minimum atomic E-state index is -1.09. The highest BCUT2D eigenvalue weighted by atomic mass is 16.7. The average Bonchev–Trinajstić information content (AvgIpc) is 2.12. The Balaban J connectivity index is 2.83. The second kappa shape index (κ2) is 4.12. The van der Waals surface area contributed by atoms with E-state index < -0.39 is 30.2 Å². The van der Waals surface area contributed by atoms with Crippen molar-refractivity contribution in [3.05, 3.63) is 0 Å². The highest BCUT2D eigenvalue weighted by Crippen LogP contribution is 2.31. The van der Waals surface area contributed by atoms with Crippen molar-refractivity contribution >= 4 is 0 Å². The van der Waals surface area contributed by atoms with Crippen molar-refractivity contribution < 1.29 is 24.4 Å². The third-order valence-corrected chi connectivity index (χ3v) is 2.53. The van der Waals surface area contributed by atoms with Crippen molar-refractivity contribution in [2.75, 3.05) is 14.2 Å². The van der Waals surface area contributed by atoms with Crippen LogP contribution in [0.3, 0.4) is 0 Å². The molecule has 1 heterocycles. The van der Waals surface area contributed by atoms with Crippen LogP contribution in [0.2, 0.25) is 0 Å². The molecule has 0 amide bonds. The van der Waals surface area contributed by atoms with Crippen LogP contribution in [0.4, 0.5) is 0 Å². The lowest BCUT2D eigenvalue weighted by atomic mass is 9.90. The van der Waals surface area contributed by atoms with E-state index in [-0.39, 0.29) is 0 Å². The topological polar surface area (TPSA) is 68.2 Å². The van der Waals surface area contributed by atoms with Crippen LogP contribution in [0, 0.1) is 0 Å². The molecule has 4 atom stereocenters. The maximum absolute atomic E-state index is 9.74. The molecule has 1 aliphatic heterocycles. The van der Waals surface area contributed by atoms with Gasteiger partial charge in [0.15, 0.2) is 6.29 Å². The Morgan fingerprint density at radius 1 is 1.07 bits per heavy atom. The molecule has 0 spiro atoms. The van der Waals surface area contributed by atoms with Crippen LogP contribution in [0.5, 0.6) is 0 Å². The van der Waals surface area contributed by atoms with Gasteiger partial charge in [0.1, 0.15) is 18.3 Å². The molecule has 0 bridgehead atoms. The molecular formula is C9H18O5. The lowest BCUT2D eigenvalue weighted by Crippen LogP contribution is -2.62. The Morgan fingerprint density at radius 3 is 2.07 bits per heavy atom. The van der Waals surface area contributed by atoms with Crippen LogP contribution in [0.1, 0.15) is 13.8 Å². The lowest BCUT2D eigenvalue weighted by Gasteiger charge is -2.46. The Morgan fingerprint density at radius 2 is 1.64 bits per heavy atom. The molecule has 14 heavy (non-hydrogen) atoms. The number of rotatable bonds is 2. The summed E-state index contributed by atoms with van der Waals surface area (Å²) in [4.78, 5) is 0. The highest BCUT2D eigenvalue weighted by molar-refractivity contribution is 4.95. The first-order valence-electron chi connectivity index (χ1n) is 4.53. The summed E-state index contributed by atoms with van der Waals surface area (Å²) in [5, 5.41) is 19.3. The summed E-state index contributed by atoms with van der Waals surface area (Å²) < 4.78 is 15.5. The molecule has 1 rings (SSSR count). The molecular weight excluding hydrogens is 188 g/mol. The van der Waals surface area contributed by atoms with Crippen molar-refractivity contribution in [2.24, 2.45) is 0 Å². The van der Waals surface area contributed by atoms with E-state index in [9.17, 15) is 10.2 Å². The maximum atomic E-state index is 9.74. The molecule has 0 aromatic heterocycles. The minimum Gasteiger partial charge on any atom is -0.387 e. The minimum absolute atomic E-state index is 0.566. The SMILES string of the molecule is COC1OC(C)(C)[C@H](OC)C(O)C1O.